The third-order valence-electron chi connectivity index (χ3n) is 3.16. The number of rotatable bonds is 6. The molecule has 0 aliphatic heterocycles. The van der Waals surface area contributed by atoms with Crippen molar-refractivity contribution >= 4 is 21.6 Å². The summed E-state index contributed by atoms with van der Waals surface area (Å²) in [6.45, 7) is 7.60. The summed E-state index contributed by atoms with van der Waals surface area (Å²) in [4.78, 5) is 10.2. The van der Waals surface area contributed by atoms with Gasteiger partial charge in [-0.2, -0.15) is 0 Å². The Hall–Kier alpha value is -1.99. The summed E-state index contributed by atoms with van der Waals surface area (Å²) in [5.74, 6) is 0.132. The minimum atomic E-state index is -0.500. The maximum atomic E-state index is 13.7. The maximum Gasteiger partial charge on any atom is 0.188 e. The van der Waals surface area contributed by atoms with Crippen molar-refractivity contribution in [2.24, 2.45) is 5.16 Å². The standard InChI is InChI=1S/C19H22BrFN2O3/c1-12-6-9-16(25-11-24-5)18(22-12)17(23-26-19(2,3)4)13-7-8-15(21)14(20)10-13/h6-10H,11H2,1-5H3/b23-17-. The number of hydrogen-bond donors (Lipinski definition) is 0. The predicted octanol–water partition coefficient (Wildman–Crippen LogP) is 4.84. The zero-order valence-corrected chi connectivity index (χ0v) is 17.1. The smallest absolute Gasteiger partial charge is 0.188 e. The molecule has 2 aromatic rings. The first-order valence-electron chi connectivity index (χ1n) is 8.02. The number of aromatic nitrogens is 1. The maximum absolute atomic E-state index is 13.7. The average molecular weight is 425 g/mol. The van der Waals surface area contributed by atoms with Gasteiger partial charge in [-0.15, -0.1) is 0 Å². The van der Waals surface area contributed by atoms with E-state index in [-0.39, 0.29) is 12.6 Å². The first kappa shape index (κ1) is 20.3. The van der Waals surface area contributed by atoms with E-state index in [9.17, 15) is 4.39 Å². The van der Waals surface area contributed by atoms with E-state index in [0.717, 1.165) is 5.69 Å². The molecule has 0 bridgehead atoms. The molecule has 0 radical (unpaired) electrons. The summed E-state index contributed by atoms with van der Waals surface area (Å²) in [5.41, 5.74) is 1.86. The normalized spacial score (nSPS) is 12.2. The minimum Gasteiger partial charge on any atom is -0.465 e. The number of pyridine rings is 1. The quantitative estimate of drug-likeness (QED) is 0.378. The molecular formula is C19H22BrFN2O3. The number of aryl methyl sites for hydroxylation is 1. The summed E-state index contributed by atoms with van der Waals surface area (Å²) in [6.07, 6.45) is 0. The number of ether oxygens (including phenoxy) is 2. The van der Waals surface area contributed by atoms with Gasteiger partial charge in [0.05, 0.1) is 4.47 Å². The van der Waals surface area contributed by atoms with Gasteiger partial charge in [0.25, 0.3) is 0 Å². The molecule has 0 aliphatic carbocycles. The Balaban J connectivity index is 2.60. The zero-order chi connectivity index (χ0) is 19.3. The first-order valence-corrected chi connectivity index (χ1v) is 8.82. The number of oxime groups is 1. The third kappa shape index (κ3) is 5.51. The Kier molecular flexibility index (Phi) is 6.72. The van der Waals surface area contributed by atoms with Crippen molar-refractivity contribution in [3.63, 3.8) is 0 Å². The van der Waals surface area contributed by atoms with Crippen molar-refractivity contribution in [3.05, 3.63) is 57.6 Å². The van der Waals surface area contributed by atoms with Crippen LogP contribution in [0.3, 0.4) is 0 Å². The Morgan fingerprint density at radius 3 is 2.58 bits per heavy atom. The predicted molar refractivity (Wildman–Crippen MR) is 102 cm³/mol. The molecule has 0 atom stereocenters. The Labute approximate surface area is 161 Å². The van der Waals surface area contributed by atoms with Crippen LogP contribution >= 0.6 is 15.9 Å². The molecule has 0 N–H and O–H groups in total. The zero-order valence-electron chi connectivity index (χ0n) is 15.5. The molecular weight excluding hydrogens is 403 g/mol. The van der Waals surface area contributed by atoms with Gasteiger partial charge in [-0.1, -0.05) is 5.16 Å². The van der Waals surface area contributed by atoms with Crippen LogP contribution in [0.2, 0.25) is 0 Å². The fourth-order valence-electron chi connectivity index (χ4n) is 2.01. The minimum absolute atomic E-state index is 0.0677. The lowest BCUT2D eigenvalue weighted by Crippen LogP contribution is -2.19. The summed E-state index contributed by atoms with van der Waals surface area (Å²) in [6, 6.07) is 8.23. The van der Waals surface area contributed by atoms with Crippen molar-refractivity contribution in [2.45, 2.75) is 33.3 Å². The van der Waals surface area contributed by atoms with Crippen molar-refractivity contribution in [3.8, 4) is 5.75 Å². The van der Waals surface area contributed by atoms with Crippen LogP contribution in [0.25, 0.3) is 0 Å². The van der Waals surface area contributed by atoms with Gasteiger partial charge in [0.15, 0.2) is 12.5 Å². The molecule has 1 aromatic carbocycles. The summed E-state index contributed by atoms with van der Waals surface area (Å²) < 4.78 is 24.6. The van der Waals surface area contributed by atoms with Crippen molar-refractivity contribution in [1.29, 1.82) is 0 Å². The molecule has 2 rings (SSSR count). The van der Waals surface area contributed by atoms with Crippen LogP contribution in [-0.2, 0) is 9.57 Å². The molecule has 1 heterocycles. The van der Waals surface area contributed by atoms with Crippen LogP contribution in [0.5, 0.6) is 5.75 Å². The van der Waals surface area contributed by atoms with E-state index in [1.165, 1.54) is 13.2 Å². The van der Waals surface area contributed by atoms with Gasteiger partial charge in [0, 0.05) is 18.4 Å². The molecule has 7 heteroatoms. The fourth-order valence-corrected chi connectivity index (χ4v) is 2.39. The molecule has 0 unspecified atom stereocenters. The van der Waals surface area contributed by atoms with Gasteiger partial charge in [-0.25, -0.2) is 9.37 Å². The lowest BCUT2D eigenvalue weighted by molar-refractivity contribution is 0.00103. The molecule has 1 aromatic heterocycles. The second-order valence-electron chi connectivity index (χ2n) is 6.62. The molecule has 0 saturated heterocycles. The SMILES string of the molecule is COCOc1ccc(C)nc1/C(=N\OC(C)(C)C)c1ccc(F)c(Br)c1. The van der Waals surface area contributed by atoms with Gasteiger partial charge >= 0.3 is 0 Å². The van der Waals surface area contributed by atoms with Gasteiger partial charge in [0.2, 0.25) is 0 Å². The highest BCUT2D eigenvalue weighted by Gasteiger charge is 2.20. The third-order valence-corrected chi connectivity index (χ3v) is 3.77. The highest BCUT2D eigenvalue weighted by atomic mass is 79.9. The Morgan fingerprint density at radius 2 is 1.96 bits per heavy atom. The largest absolute Gasteiger partial charge is 0.465 e. The van der Waals surface area contributed by atoms with Gasteiger partial charge in [-0.05, 0) is 74.0 Å². The van der Waals surface area contributed by atoms with E-state index in [1.54, 1.807) is 18.2 Å². The van der Waals surface area contributed by atoms with E-state index in [4.69, 9.17) is 14.3 Å². The molecule has 5 nitrogen and oxygen atoms in total. The fraction of sp³-hybridized carbons (Fsp3) is 0.368. The second-order valence-corrected chi connectivity index (χ2v) is 7.48. The second kappa shape index (κ2) is 8.60. The molecule has 0 aliphatic rings. The molecule has 0 spiro atoms. The van der Waals surface area contributed by atoms with Gasteiger partial charge in [0.1, 0.15) is 22.8 Å². The first-order chi connectivity index (χ1) is 12.2. The number of methoxy groups -OCH3 is 1. The van der Waals surface area contributed by atoms with Crippen LogP contribution in [0.1, 0.15) is 37.7 Å². The Morgan fingerprint density at radius 1 is 1.23 bits per heavy atom. The number of benzene rings is 1. The molecule has 0 saturated carbocycles. The molecule has 26 heavy (non-hydrogen) atoms. The summed E-state index contributed by atoms with van der Waals surface area (Å²) >= 11 is 3.21. The monoisotopic (exact) mass is 424 g/mol. The summed E-state index contributed by atoms with van der Waals surface area (Å²) in [7, 11) is 1.54. The van der Waals surface area contributed by atoms with Gasteiger partial charge < -0.3 is 14.3 Å². The molecule has 0 amide bonds. The van der Waals surface area contributed by atoms with Crippen LogP contribution in [0.15, 0.2) is 40.0 Å². The van der Waals surface area contributed by atoms with Crippen molar-refractivity contribution in [2.75, 3.05) is 13.9 Å². The number of nitrogens with zero attached hydrogens (tertiary/aromatic N) is 2. The molecule has 140 valence electrons. The summed E-state index contributed by atoms with van der Waals surface area (Å²) in [5, 5.41) is 4.31. The Bertz CT molecular complexity index is 804. The lowest BCUT2D eigenvalue weighted by Gasteiger charge is -2.18. The van der Waals surface area contributed by atoms with E-state index < -0.39 is 5.60 Å². The number of hydrogen-bond acceptors (Lipinski definition) is 5. The van der Waals surface area contributed by atoms with E-state index in [0.29, 0.717) is 27.2 Å². The molecule has 0 fully saturated rings. The number of halogens is 2. The van der Waals surface area contributed by atoms with Crippen LogP contribution in [0.4, 0.5) is 4.39 Å². The van der Waals surface area contributed by atoms with Crippen LogP contribution < -0.4 is 4.74 Å². The van der Waals surface area contributed by atoms with Crippen LogP contribution in [0, 0.1) is 12.7 Å². The highest BCUT2D eigenvalue weighted by Crippen LogP contribution is 2.25. The van der Waals surface area contributed by atoms with E-state index in [1.807, 2.05) is 33.8 Å². The van der Waals surface area contributed by atoms with Crippen molar-refractivity contribution < 1.29 is 18.7 Å². The van der Waals surface area contributed by atoms with Crippen LogP contribution in [-0.4, -0.2) is 30.2 Å². The van der Waals surface area contributed by atoms with E-state index in [2.05, 4.69) is 26.1 Å². The highest BCUT2D eigenvalue weighted by molar-refractivity contribution is 9.10. The van der Waals surface area contributed by atoms with Crippen molar-refractivity contribution in [1.82, 2.24) is 4.98 Å². The van der Waals surface area contributed by atoms with Gasteiger partial charge in [-0.3, -0.25) is 0 Å². The topological polar surface area (TPSA) is 52.9 Å². The average Bonchev–Trinajstić information content (AvgIpc) is 2.56. The lowest BCUT2D eigenvalue weighted by atomic mass is 10.1. The van der Waals surface area contributed by atoms with E-state index >= 15 is 0 Å².